The molecule has 0 saturated heterocycles. The second-order valence-corrected chi connectivity index (χ2v) is 5.30. The fraction of sp³-hybridized carbons (Fsp3) is 0.611. The number of aliphatic carboxylic acids is 1. The molecule has 0 aliphatic carbocycles. The van der Waals surface area contributed by atoms with E-state index in [-0.39, 0.29) is 6.10 Å². The molecule has 3 nitrogen and oxygen atoms in total. The summed E-state index contributed by atoms with van der Waals surface area (Å²) < 4.78 is 0. The third-order valence-electron chi connectivity index (χ3n) is 3.26. The zero-order valence-electron chi connectivity index (χ0n) is 13.2. The first-order chi connectivity index (χ1) is 10.2. The molecule has 0 radical (unpaired) electrons. The molecule has 0 rings (SSSR count). The van der Waals surface area contributed by atoms with E-state index in [0.717, 1.165) is 44.6 Å². The Labute approximate surface area is 129 Å². The second kappa shape index (κ2) is 15.0. The molecule has 0 aliphatic heterocycles. The summed E-state index contributed by atoms with van der Waals surface area (Å²) in [4.78, 5) is 10.2. The SMILES string of the molecule is CCCCCCC(O)CCCCC=CC=C/C=C\C(=O)O. The molecule has 0 aromatic carbocycles. The van der Waals surface area contributed by atoms with Crippen molar-refractivity contribution in [2.75, 3.05) is 0 Å². The highest BCUT2D eigenvalue weighted by Gasteiger charge is 2.02. The van der Waals surface area contributed by atoms with E-state index >= 15 is 0 Å². The predicted molar refractivity (Wildman–Crippen MR) is 88.3 cm³/mol. The van der Waals surface area contributed by atoms with Gasteiger partial charge in [0.15, 0.2) is 0 Å². The molecule has 0 aromatic rings. The topological polar surface area (TPSA) is 57.5 Å². The van der Waals surface area contributed by atoms with Gasteiger partial charge < -0.3 is 10.2 Å². The number of allylic oxidation sites excluding steroid dienone is 5. The molecule has 21 heavy (non-hydrogen) atoms. The third-order valence-corrected chi connectivity index (χ3v) is 3.26. The number of unbranched alkanes of at least 4 members (excludes halogenated alkanes) is 5. The summed E-state index contributed by atoms with van der Waals surface area (Å²) in [5, 5.41) is 18.2. The van der Waals surface area contributed by atoms with Crippen molar-refractivity contribution >= 4 is 5.97 Å². The van der Waals surface area contributed by atoms with Crippen molar-refractivity contribution in [3.8, 4) is 0 Å². The highest BCUT2D eigenvalue weighted by Crippen LogP contribution is 2.11. The van der Waals surface area contributed by atoms with Gasteiger partial charge in [-0.25, -0.2) is 4.79 Å². The van der Waals surface area contributed by atoms with Gasteiger partial charge in [0.25, 0.3) is 0 Å². The minimum Gasteiger partial charge on any atom is -0.478 e. The van der Waals surface area contributed by atoms with Crippen LogP contribution in [0.5, 0.6) is 0 Å². The number of rotatable bonds is 13. The fourth-order valence-electron chi connectivity index (χ4n) is 2.03. The standard InChI is InChI=1S/C18H30O3/c1-2-3-4-11-14-17(19)15-12-9-7-5-6-8-10-13-16-18(20)21/h5-6,8,10,13,16-17,19H,2-4,7,9,11-12,14-15H2,1H3,(H,20,21)/b6-5?,10-8?,16-13-. The van der Waals surface area contributed by atoms with Gasteiger partial charge >= 0.3 is 5.97 Å². The Morgan fingerprint density at radius 3 is 2.29 bits per heavy atom. The Hall–Kier alpha value is -1.35. The predicted octanol–water partition coefficient (Wildman–Crippen LogP) is 4.63. The van der Waals surface area contributed by atoms with Crippen molar-refractivity contribution in [3.63, 3.8) is 0 Å². The summed E-state index contributed by atoms with van der Waals surface area (Å²) in [6, 6.07) is 0. The Morgan fingerprint density at radius 1 is 0.952 bits per heavy atom. The fourth-order valence-corrected chi connectivity index (χ4v) is 2.03. The molecule has 0 saturated carbocycles. The number of hydrogen-bond donors (Lipinski definition) is 2. The van der Waals surface area contributed by atoms with Crippen LogP contribution < -0.4 is 0 Å². The largest absolute Gasteiger partial charge is 0.478 e. The first kappa shape index (κ1) is 19.7. The summed E-state index contributed by atoms with van der Waals surface area (Å²) >= 11 is 0. The second-order valence-electron chi connectivity index (χ2n) is 5.30. The lowest BCUT2D eigenvalue weighted by molar-refractivity contribution is -0.131. The first-order valence-corrected chi connectivity index (χ1v) is 8.07. The summed E-state index contributed by atoms with van der Waals surface area (Å²) in [5.41, 5.74) is 0. The van der Waals surface area contributed by atoms with Gasteiger partial charge in [-0.1, -0.05) is 69.4 Å². The van der Waals surface area contributed by atoms with Crippen molar-refractivity contribution in [2.45, 2.75) is 70.8 Å². The molecule has 0 aromatic heterocycles. The number of aliphatic hydroxyl groups excluding tert-OH is 1. The molecule has 3 heteroatoms. The van der Waals surface area contributed by atoms with Crippen LogP contribution in [-0.2, 0) is 4.79 Å². The van der Waals surface area contributed by atoms with Gasteiger partial charge in [0, 0.05) is 6.08 Å². The highest BCUT2D eigenvalue weighted by atomic mass is 16.4. The minimum atomic E-state index is -0.933. The zero-order chi connectivity index (χ0) is 15.8. The van der Waals surface area contributed by atoms with Crippen molar-refractivity contribution in [1.82, 2.24) is 0 Å². The maximum atomic E-state index is 10.2. The van der Waals surface area contributed by atoms with Crippen LogP contribution >= 0.6 is 0 Å². The van der Waals surface area contributed by atoms with Crippen LogP contribution in [0.4, 0.5) is 0 Å². The zero-order valence-corrected chi connectivity index (χ0v) is 13.2. The molecule has 1 atom stereocenters. The number of carbonyl (C=O) groups is 1. The van der Waals surface area contributed by atoms with Gasteiger partial charge in [-0.3, -0.25) is 0 Å². The van der Waals surface area contributed by atoms with Gasteiger partial charge in [-0.05, 0) is 25.7 Å². The molecule has 0 fully saturated rings. The maximum absolute atomic E-state index is 10.2. The van der Waals surface area contributed by atoms with Crippen LogP contribution in [0.1, 0.15) is 64.7 Å². The Morgan fingerprint density at radius 2 is 1.62 bits per heavy atom. The van der Waals surface area contributed by atoms with E-state index in [0.29, 0.717) is 0 Å². The van der Waals surface area contributed by atoms with E-state index in [9.17, 15) is 9.90 Å². The van der Waals surface area contributed by atoms with E-state index in [1.165, 1.54) is 25.3 Å². The Kier molecular flexibility index (Phi) is 14.1. The quantitative estimate of drug-likeness (QED) is 0.296. The van der Waals surface area contributed by atoms with Crippen LogP contribution in [0.2, 0.25) is 0 Å². The molecular formula is C18H30O3. The van der Waals surface area contributed by atoms with Crippen LogP contribution in [-0.4, -0.2) is 22.3 Å². The molecule has 0 bridgehead atoms. The van der Waals surface area contributed by atoms with Crippen molar-refractivity contribution in [2.24, 2.45) is 0 Å². The van der Waals surface area contributed by atoms with E-state index in [2.05, 4.69) is 13.0 Å². The Balaban J connectivity index is 3.44. The normalized spacial score (nSPS) is 13.6. The van der Waals surface area contributed by atoms with Gasteiger partial charge in [-0.15, -0.1) is 0 Å². The first-order valence-electron chi connectivity index (χ1n) is 8.07. The minimum absolute atomic E-state index is 0.133. The third kappa shape index (κ3) is 16.6. The summed E-state index contributed by atoms with van der Waals surface area (Å²) in [6.45, 7) is 2.20. The van der Waals surface area contributed by atoms with E-state index in [1.54, 1.807) is 6.08 Å². The van der Waals surface area contributed by atoms with E-state index < -0.39 is 5.97 Å². The molecule has 0 heterocycles. The van der Waals surface area contributed by atoms with Gasteiger partial charge in [-0.2, -0.15) is 0 Å². The average Bonchev–Trinajstić information content (AvgIpc) is 2.45. The van der Waals surface area contributed by atoms with E-state index in [1.807, 2.05) is 12.2 Å². The summed E-state index contributed by atoms with van der Waals surface area (Å²) in [5.74, 6) is -0.933. The lowest BCUT2D eigenvalue weighted by atomic mass is 10.0. The number of hydrogen-bond acceptors (Lipinski definition) is 2. The summed E-state index contributed by atoms with van der Waals surface area (Å²) in [7, 11) is 0. The summed E-state index contributed by atoms with van der Waals surface area (Å²) in [6.07, 6.45) is 19.8. The molecular weight excluding hydrogens is 264 g/mol. The molecule has 0 spiro atoms. The lowest BCUT2D eigenvalue weighted by Crippen LogP contribution is -2.05. The molecule has 120 valence electrons. The van der Waals surface area contributed by atoms with Crippen LogP contribution in [0.15, 0.2) is 36.5 Å². The smallest absolute Gasteiger partial charge is 0.328 e. The molecule has 0 amide bonds. The number of aliphatic hydroxyl groups is 1. The van der Waals surface area contributed by atoms with Gasteiger partial charge in [0.1, 0.15) is 0 Å². The van der Waals surface area contributed by atoms with Crippen LogP contribution in [0, 0.1) is 0 Å². The van der Waals surface area contributed by atoms with E-state index in [4.69, 9.17) is 5.11 Å². The molecule has 0 aliphatic rings. The number of carboxylic acid groups (broad SMARTS) is 1. The Bertz CT molecular complexity index is 329. The van der Waals surface area contributed by atoms with Gasteiger partial charge in [0.2, 0.25) is 0 Å². The molecule has 2 N–H and O–H groups in total. The highest BCUT2D eigenvalue weighted by molar-refractivity contribution is 5.80. The molecule has 1 unspecified atom stereocenters. The van der Waals surface area contributed by atoms with Crippen LogP contribution in [0.25, 0.3) is 0 Å². The van der Waals surface area contributed by atoms with Crippen molar-refractivity contribution in [1.29, 1.82) is 0 Å². The van der Waals surface area contributed by atoms with Gasteiger partial charge in [0.05, 0.1) is 6.10 Å². The maximum Gasteiger partial charge on any atom is 0.328 e. The lowest BCUT2D eigenvalue weighted by Gasteiger charge is -2.09. The number of carboxylic acids is 1. The monoisotopic (exact) mass is 294 g/mol. The van der Waals surface area contributed by atoms with Crippen LogP contribution in [0.3, 0.4) is 0 Å². The van der Waals surface area contributed by atoms with Crippen molar-refractivity contribution < 1.29 is 15.0 Å². The average molecular weight is 294 g/mol. The van der Waals surface area contributed by atoms with Crippen molar-refractivity contribution in [3.05, 3.63) is 36.5 Å².